The van der Waals surface area contributed by atoms with Crippen molar-refractivity contribution in [2.45, 2.75) is 0 Å². The standard InChI is InChI=1S/C5H5N3O3/c6-4(10)3-5(7-1-9)11-2-8-3/h1-2H,(H2,6,10)(H,7,9). The molecule has 11 heavy (non-hydrogen) atoms. The lowest BCUT2D eigenvalue weighted by Gasteiger charge is -1.91. The van der Waals surface area contributed by atoms with Crippen LogP contribution < -0.4 is 11.1 Å². The number of nitrogens with zero attached hydrogens (tertiary/aromatic N) is 1. The van der Waals surface area contributed by atoms with Crippen molar-refractivity contribution in [3.8, 4) is 0 Å². The van der Waals surface area contributed by atoms with E-state index in [-0.39, 0.29) is 11.6 Å². The van der Waals surface area contributed by atoms with Gasteiger partial charge in [-0.15, -0.1) is 0 Å². The minimum absolute atomic E-state index is 0.0347. The predicted molar refractivity (Wildman–Crippen MR) is 34.7 cm³/mol. The first-order valence-electron chi connectivity index (χ1n) is 2.69. The third-order valence-electron chi connectivity index (χ3n) is 0.991. The summed E-state index contributed by atoms with van der Waals surface area (Å²) in [5.41, 5.74) is 4.79. The van der Waals surface area contributed by atoms with Gasteiger partial charge in [-0.1, -0.05) is 0 Å². The lowest BCUT2D eigenvalue weighted by Crippen LogP contribution is -2.13. The summed E-state index contributed by atoms with van der Waals surface area (Å²) in [6.07, 6.45) is 1.39. The van der Waals surface area contributed by atoms with E-state index in [4.69, 9.17) is 5.73 Å². The Hall–Kier alpha value is -1.85. The first-order chi connectivity index (χ1) is 5.25. The third kappa shape index (κ3) is 1.34. The molecule has 0 bridgehead atoms. The van der Waals surface area contributed by atoms with Gasteiger partial charge in [0.15, 0.2) is 12.1 Å². The van der Waals surface area contributed by atoms with Crippen molar-refractivity contribution >= 4 is 18.2 Å². The van der Waals surface area contributed by atoms with Gasteiger partial charge in [-0.3, -0.25) is 14.9 Å². The lowest BCUT2D eigenvalue weighted by atomic mass is 10.4. The molecule has 0 aliphatic heterocycles. The molecule has 3 N–H and O–H groups in total. The van der Waals surface area contributed by atoms with Gasteiger partial charge in [-0.05, 0) is 0 Å². The predicted octanol–water partition coefficient (Wildman–Crippen LogP) is -0.658. The molecule has 0 spiro atoms. The van der Waals surface area contributed by atoms with E-state index in [9.17, 15) is 9.59 Å². The molecule has 0 atom stereocenters. The fourth-order valence-electron chi connectivity index (χ4n) is 0.578. The molecule has 0 unspecified atom stereocenters. The van der Waals surface area contributed by atoms with Crippen LogP contribution in [0.5, 0.6) is 0 Å². The summed E-state index contributed by atoms with van der Waals surface area (Å²) in [7, 11) is 0. The molecule has 0 fully saturated rings. The van der Waals surface area contributed by atoms with Gasteiger partial charge in [0.2, 0.25) is 12.3 Å². The Morgan fingerprint density at radius 1 is 1.82 bits per heavy atom. The molecule has 0 saturated heterocycles. The number of nitrogens with two attached hydrogens (primary N) is 1. The molecular weight excluding hydrogens is 150 g/mol. The Bertz CT molecular complexity index is 280. The summed E-state index contributed by atoms with van der Waals surface area (Å²) in [6.45, 7) is 0. The van der Waals surface area contributed by atoms with Gasteiger partial charge >= 0.3 is 0 Å². The number of hydrogen-bond acceptors (Lipinski definition) is 4. The van der Waals surface area contributed by atoms with Gasteiger partial charge in [-0.25, -0.2) is 4.98 Å². The Labute approximate surface area is 61.4 Å². The maximum atomic E-state index is 10.5. The molecule has 1 heterocycles. The van der Waals surface area contributed by atoms with Crippen molar-refractivity contribution in [2.75, 3.05) is 5.32 Å². The quantitative estimate of drug-likeness (QED) is 0.566. The van der Waals surface area contributed by atoms with E-state index >= 15 is 0 Å². The summed E-state index contributed by atoms with van der Waals surface area (Å²) in [5, 5.41) is 2.13. The highest BCUT2D eigenvalue weighted by Gasteiger charge is 2.11. The summed E-state index contributed by atoms with van der Waals surface area (Å²) >= 11 is 0. The van der Waals surface area contributed by atoms with Crippen LogP contribution in [0.3, 0.4) is 0 Å². The zero-order valence-corrected chi connectivity index (χ0v) is 5.40. The topological polar surface area (TPSA) is 98.2 Å². The fourth-order valence-corrected chi connectivity index (χ4v) is 0.578. The van der Waals surface area contributed by atoms with Crippen LogP contribution in [0.2, 0.25) is 0 Å². The molecule has 0 aliphatic carbocycles. The number of nitrogens with one attached hydrogen (secondary N) is 1. The number of rotatable bonds is 3. The van der Waals surface area contributed by atoms with E-state index in [0.717, 1.165) is 6.39 Å². The van der Waals surface area contributed by atoms with Crippen molar-refractivity contribution in [3.63, 3.8) is 0 Å². The minimum Gasteiger partial charge on any atom is -0.427 e. The van der Waals surface area contributed by atoms with Crippen molar-refractivity contribution in [1.29, 1.82) is 0 Å². The van der Waals surface area contributed by atoms with Crippen LogP contribution in [0.25, 0.3) is 0 Å². The highest BCUT2D eigenvalue weighted by molar-refractivity contribution is 5.96. The largest absolute Gasteiger partial charge is 0.427 e. The van der Waals surface area contributed by atoms with Crippen LogP contribution in [0, 0.1) is 0 Å². The summed E-state index contributed by atoms with van der Waals surface area (Å²) in [6, 6.07) is 0. The van der Waals surface area contributed by atoms with Gasteiger partial charge < -0.3 is 10.2 Å². The van der Waals surface area contributed by atoms with Crippen molar-refractivity contribution in [1.82, 2.24) is 4.98 Å². The van der Waals surface area contributed by atoms with Crippen LogP contribution in [0.4, 0.5) is 5.88 Å². The van der Waals surface area contributed by atoms with E-state index in [1.807, 2.05) is 0 Å². The zero-order chi connectivity index (χ0) is 8.27. The monoisotopic (exact) mass is 155 g/mol. The molecule has 58 valence electrons. The first kappa shape index (κ1) is 7.26. The SMILES string of the molecule is NC(=O)c1ncoc1NC=O. The van der Waals surface area contributed by atoms with E-state index in [2.05, 4.69) is 14.7 Å². The number of primary amides is 1. The van der Waals surface area contributed by atoms with Gasteiger partial charge in [0.05, 0.1) is 0 Å². The fraction of sp³-hybridized carbons (Fsp3) is 0. The molecule has 1 aromatic heterocycles. The number of carbonyl (C=O) groups is 2. The molecule has 0 radical (unpaired) electrons. The van der Waals surface area contributed by atoms with Crippen molar-refractivity contribution < 1.29 is 14.0 Å². The lowest BCUT2D eigenvalue weighted by molar-refractivity contribution is -0.105. The molecular formula is C5H5N3O3. The van der Waals surface area contributed by atoms with Gasteiger partial charge in [-0.2, -0.15) is 0 Å². The second-order valence-corrected chi connectivity index (χ2v) is 1.66. The van der Waals surface area contributed by atoms with Crippen LogP contribution in [0.15, 0.2) is 10.8 Å². The zero-order valence-electron chi connectivity index (χ0n) is 5.40. The number of aromatic nitrogens is 1. The molecule has 0 aliphatic rings. The maximum Gasteiger partial charge on any atom is 0.273 e. The Kier molecular flexibility index (Phi) is 1.86. The molecule has 2 amide bonds. The number of carbonyl (C=O) groups excluding carboxylic acids is 2. The number of oxazole rings is 1. The van der Waals surface area contributed by atoms with Crippen LogP contribution in [0.1, 0.15) is 10.5 Å². The highest BCUT2D eigenvalue weighted by atomic mass is 16.4. The Morgan fingerprint density at radius 2 is 2.55 bits per heavy atom. The second kappa shape index (κ2) is 2.82. The molecule has 1 rings (SSSR count). The second-order valence-electron chi connectivity index (χ2n) is 1.66. The molecule has 1 aromatic rings. The first-order valence-corrected chi connectivity index (χ1v) is 2.69. The van der Waals surface area contributed by atoms with E-state index in [0.29, 0.717) is 6.41 Å². The summed E-state index contributed by atoms with van der Waals surface area (Å²) in [4.78, 5) is 23.9. The third-order valence-corrected chi connectivity index (χ3v) is 0.991. The van der Waals surface area contributed by atoms with Gasteiger partial charge in [0.1, 0.15) is 0 Å². The normalized spacial score (nSPS) is 9.09. The van der Waals surface area contributed by atoms with Crippen LogP contribution >= 0.6 is 0 Å². The Morgan fingerprint density at radius 3 is 3.09 bits per heavy atom. The molecule has 0 saturated carbocycles. The molecule has 6 nitrogen and oxygen atoms in total. The van der Waals surface area contributed by atoms with Crippen molar-refractivity contribution in [2.24, 2.45) is 5.73 Å². The van der Waals surface area contributed by atoms with Crippen molar-refractivity contribution in [3.05, 3.63) is 12.1 Å². The Balaban J connectivity index is 2.95. The molecule has 0 aromatic carbocycles. The van der Waals surface area contributed by atoms with Gasteiger partial charge in [0, 0.05) is 0 Å². The van der Waals surface area contributed by atoms with E-state index in [1.54, 1.807) is 0 Å². The summed E-state index contributed by atoms with van der Waals surface area (Å²) in [5.74, 6) is -0.782. The number of amides is 2. The average molecular weight is 155 g/mol. The maximum absolute atomic E-state index is 10.5. The van der Waals surface area contributed by atoms with Crippen LogP contribution in [-0.2, 0) is 4.79 Å². The number of hydrogen-bond donors (Lipinski definition) is 2. The molecule has 6 heteroatoms. The van der Waals surface area contributed by atoms with Crippen LogP contribution in [-0.4, -0.2) is 17.3 Å². The summed E-state index contributed by atoms with van der Waals surface area (Å²) < 4.78 is 4.61. The smallest absolute Gasteiger partial charge is 0.273 e. The van der Waals surface area contributed by atoms with Gasteiger partial charge in [0.25, 0.3) is 5.91 Å². The van der Waals surface area contributed by atoms with E-state index < -0.39 is 5.91 Å². The minimum atomic E-state index is -0.747. The highest BCUT2D eigenvalue weighted by Crippen LogP contribution is 2.10. The number of anilines is 1. The average Bonchev–Trinajstić information content (AvgIpc) is 2.36. The van der Waals surface area contributed by atoms with E-state index in [1.165, 1.54) is 0 Å².